The zero-order valence-corrected chi connectivity index (χ0v) is 13.0. The van der Waals surface area contributed by atoms with Crippen LogP contribution in [0.1, 0.15) is 31.2 Å². The number of amidine groups is 1. The van der Waals surface area contributed by atoms with Gasteiger partial charge in [-0.1, -0.05) is 12.8 Å². The number of non-ortho nitro benzene ring substituents is 1. The molecule has 0 radical (unpaired) electrons. The Morgan fingerprint density at radius 1 is 1.32 bits per heavy atom. The van der Waals surface area contributed by atoms with Crippen molar-refractivity contribution in [3.05, 3.63) is 33.9 Å². The van der Waals surface area contributed by atoms with Gasteiger partial charge in [-0.15, -0.1) is 0 Å². The van der Waals surface area contributed by atoms with E-state index in [1.54, 1.807) is 6.92 Å². The number of nitrogens with one attached hydrogen (secondary N) is 1. The van der Waals surface area contributed by atoms with Crippen LogP contribution < -0.4 is 5.32 Å². The standard InChI is InChI=1S/C14H17N3O4S/c1-10-8-11(17(18)19)4-5-12(10)15-13-16-14(6-2-3-7-14)9-22(13,20)21/h4-5,8H,2-3,6-7,9H2,1H3,(H,15,16). The highest BCUT2D eigenvalue weighted by atomic mass is 32.2. The maximum absolute atomic E-state index is 12.3. The van der Waals surface area contributed by atoms with Crippen molar-refractivity contribution in [2.24, 2.45) is 4.99 Å². The van der Waals surface area contributed by atoms with Gasteiger partial charge in [0.2, 0.25) is 15.0 Å². The van der Waals surface area contributed by atoms with Crippen molar-refractivity contribution in [1.29, 1.82) is 0 Å². The fourth-order valence-corrected chi connectivity index (χ4v) is 4.95. The van der Waals surface area contributed by atoms with Gasteiger partial charge in [0, 0.05) is 17.8 Å². The first kappa shape index (κ1) is 15.0. The highest BCUT2D eigenvalue weighted by molar-refractivity contribution is 8.07. The van der Waals surface area contributed by atoms with Crippen molar-refractivity contribution in [3.63, 3.8) is 0 Å². The van der Waals surface area contributed by atoms with E-state index in [-0.39, 0.29) is 16.6 Å². The third-order valence-corrected chi connectivity index (χ3v) is 5.99. The first-order chi connectivity index (χ1) is 10.3. The van der Waals surface area contributed by atoms with Gasteiger partial charge in [-0.3, -0.25) is 15.1 Å². The van der Waals surface area contributed by atoms with Gasteiger partial charge in [-0.05, 0) is 31.4 Å². The Hall–Kier alpha value is -1.96. The summed E-state index contributed by atoms with van der Waals surface area (Å²) < 4.78 is 24.6. The molecule has 8 heteroatoms. The summed E-state index contributed by atoms with van der Waals surface area (Å²) in [6.07, 6.45) is 3.61. The summed E-state index contributed by atoms with van der Waals surface area (Å²) in [5.74, 6) is 0.0639. The zero-order valence-electron chi connectivity index (χ0n) is 12.2. The molecule has 0 atom stereocenters. The van der Waals surface area contributed by atoms with Crippen LogP contribution in [0, 0.1) is 17.0 Å². The van der Waals surface area contributed by atoms with Crippen LogP contribution in [0.4, 0.5) is 11.4 Å². The van der Waals surface area contributed by atoms with Gasteiger partial charge in [0.05, 0.1) is 16.2 Å². The van der Waals surface area contributed by atoms with E-state index in [0.29, 0.717) is 11.3 Å². The van der Waals surface area contributed by atoms with E-state index in [2.05, 4.69) is 10.3 Å². The minimum Gasteiger partial charge on any atom is -0.331 e. The second-order valence-electron chi connectivity index (χ2n) is 5.99. The number of aliphatic imine (C=N–C) groups is 1. The summed E-state index contributed by atoms with van der Waals surface area (Å²) in [5.41, 5.74) is 0.657. The molecule has 0 unspecified atom stereocenters. The minimum atomic E-state index is -3.42. The smallest absolute Gasteiger partial charge is 0.269 e. The average Bonchev–Trinajstić information content (AvgIpc) is 2.96. The fourth-order valence-electron chi connectivity index (χ4n) is 3.15. The van der Waals surface area contributed by atoms with E-state index in [1.165, 1.54) is 18.2 Å². The number of benzene rings is 1. The minimum absolute atomic E-state index is 0.00801. The molecule has 118 valence electrons. The number of nitrogens with zero attached hydrogens (tertiary/aromatic N) is 2. The molecule has 1 aliphatic carbocycles. The van der Waals surface area contributed by atoms with Gasteiger partial charge in [0.25, 0.3) is 5.69 Å². The fraction of sp³-hybridized carbons (Fsp3) is 0.500. The lowest BCUT2D eigenvalue weighted by molar-refractivity contribution is -0.384. The van der Waals surface area contributed by atoms with Crippen LogP contribution in [0.25, 0.3) is 0 Å². The Kier molecular flexibility index (Phi) is 3.43. The van der Waals surface area contributed by atoms with Crippen molar-refractivity contribution in [2.45, 2.75) is 38.1 Å². The van der Waals surface area contributed by atoms with Crippen molar-refractivity contribution < 1.29 is 13.3 Å². The largest absolute Gasteiger partial charge is 0.331 e. The Labute approximate surface area is 128 Å². The van der Waals surface area contributed by atoms with Gasteiger partial charge in [0.1, 0.15) is 0 Å². The van der Waals surface area contributed by atoms with Crippen molar-refractivity contribution in [1.82, 2.24) is 0 Å². The Morgan fingerprint density at radius 2 is 2.00 bits per heavy atom. The lowest BCUT2D eigenvalue weighted by Crippen LogP contribution is -2.27. The summed E-state index contributed by atoms with van der Waals surface area (Å²) >= 11 is 0. The number of sulfone groups is 1. The highest BCUT2D eigenvalue weighted by Gasteiger charge is 2.46. The molecule has 1 spiro atoms. The molecule has 22 heavy (non-hydrogen) atoms. The van der Waals surface area contributed by atoms with E-state index in [1.807, 2.05) is 0 Å². The average molecular weight is 323 g/mol. The number of nitro groups is 1. The van der Waals surface area contributed by atoms with Crippen LogP contribution in [0.5, 0.6) is 0 Å². The molecule has 1 fully saturated rings. The topological polar surface area (TPSA) is 102 Å². The van der Waals surface area contributed by atoms with Crippen molar-refractivity contribution in [2.75, 3.05) is 11.1 Å². The second kappa shape index (κ2) is 5.05. The molecule has 2 aliphatic rings. The molecule has 1 aromatic rings. The van der Waals surface area contributed by atoms with Crippen LogP contribution in [0.3, 0.4) is 0 Å². The Bertz CT molecular complexity index is 764. The molecule has 1 heterocycles. The molecule has 1 aromatic carbocycles. The van der Waals surface area contributed by atoms with Gasteiger partial charge in [0.15, 0.2) is 0 Å². The molecule has 0 saturated heterocycles. The first-order valence-electron chi connectivity index (χ1n) is 7.16. The molecular formula is C14H17N3O4S. The van der Waals surface area contributed by atoms with Gasteiger partial charge < -0.3 is 5.32 Å². The predicted molar refractivity (Wildman–Crippen MR) is 83.9 cm³/mol. The first-order valence-corrected chi connectivity index (χ1v) is 8.81. The lowest BCUT2D eigenvalue weighted by Gasteiger charge is -2.15. The number of anilines is 1. The van der Waals surface area contributed by atoms with E-state index in [9.17, 15) is 18.5 Å². The maximum Gasteiger partial charge on any atom is 0.269 e. The molecular weight excluding hydrogens is 306 g/mol. The van der Waals surface area contributed by atoms with Crippen LogP contribution in [0.15, 0.2) is 23.2 Å². The van der Waals surface area contributed by atoms with Crippen LogP contribution in [-0.2, 0) is 9.84 Å². The van der Waals surface area contributed by atoms with Gasteiger partial charge in [-0.2, -0.15) is 0 Å². The number of aryl methyl sites for hydroxylation is 1. The summed E-state index contributed by atoms with van der Waals surface area (Å²) in [6, 6.07) is 4.28. The Balaban J connectivity index is 1.91. The van der Waals surface area contributed by atoms with Crippen molar-refractivity contribution >= 4 is 26.4 Å². The van der Waals surface area contributed by atoms with Crippen LogP contribution in [0.2, 0.25) is 0 Å². The molecule has 3 rings (SSSR count). The molecule has 7 nitrogen and oxygen atoms in total. The molecule has 1 saturated carbocycles. The molecule has 0 bridgehead atoms. The van der Waals surface area contributed by atoms with Crippen molar-refractivity contribution in [3.8, 4) is 0 Å². The highest BCUT2D eigenvalue weighted by Crippen LogP contribution is 2.39. The predicted octanol–water partition coefficient (Wildman–Crippen LogP) is 2.41. The Morgan fingerprint density at radius 3 is 2.59 bits per heavy atom. The van der Waals surface area contributed by atoms with Crippen LogP contribution >= 0.6 is 0 Å². The monoisotopic (exact) mass is 323 g/mol. The number of hydrogen-bond acceptors (Lipinski definition) is 6. The summed E-state index contributed by atoms with van der Waals surface area (Å²) in [6.45, 7) is 1.70. The second-order valence-corrected chi connectivity index (χ2v) is 7.89. The van der Waals surface area contributed by atoms with E-state index < -0.39 is 20.3 Å². The quantitative estimate of drug-likeness (QED) is 0.665. The molecule has 0 aromatic heterocycles. The van der Waals surface area contributed by atoms with Gasteiger partial charge in [-0.25, -0.2) is 8.42 Å². The number of rotatable bonds is 2. The van der Waals surface area contributed by atoms with Gasteiger partial charge >= 0.3 is 0 Å². The number of hydrogen-bond donors (Lipinski definition) is 1. The van der Waals surface area contributed by atoms with E-state index in [0.717, 1.165) is 25.7 Å². The summed E-state index contributed by atoms with van der Waals surface area (Å²) in [7, 11) is -3.42. The number of nitro benzene ring substituents is 1. The van der Waals surface area contributed by atoms with E-state index >= 15 is 0 Å². The summed E-state index contributed by atoms with van der Waals surface area (Å²) in [5, 5.41) is 13.6. The normalized spacial score (nSPS) is 21.8. The SMILES string of the molecule is Cc1cc([N+](=O)[O-])ccc1NC1=NC2(CCCC2)CS1(=O)=O. The summed E-state index contributed by atoms with van der Waals surface area (Å²) in [4.78, 5) is 14.7. The maximum atomic E-state index is 12.3. The lowest BCUT2D eigenvalue weighted by atomic mass is 10.0. The van der Waals surface area contributed by atoms with E-state index in [4.69, 9.17) is 0 Å². The zero-order chi connectivity index (χ0) is 16.0. The third kappa shape index (κ3) is 2.58. The molecule has 1 N–H and O–H groups in total. The molecule has 1 aliphatic heterocycles. The van der Waals surface area contributed by atoms with Crippen LogP contribution in [-0.4, -0.2) is 29.8 Å². The molecule has 0 amide bonds. The third-order valence-electron chi connectivity index (χ3n) is 4.29.